The molecule has 0 fully saturated rings. The molecule has 0 aliphatic carbocycles. The topological polar surface area (TPSA) is 38.7 Å². The largest absolute Gasteiger partial charge is 0.493 e. The Hall–Kier alpha value is -1.22. The van der Waals surface area contributed by atoms with Crippen LogP contribution in [0.15, 0.2) is 12.1 Å². The summed E-state index contributed by atoms with van der Waals surface area (Å²) in [6.07, 6.45) is 0.229. The van der Waals surface area contributed by atoms with E-state index >= 15 is 0 Å². The molecule has 1 aliphatic heterocycles. The number of methoxy groups -OCH3 is 1. The molecule has 1 heterocycles. The Bertz CT molecular complexity index is 347. The number of hydrogen-bond donors (Lipinski definition) is 1. The Morgan fingerprint density at radius 1 is 1.50 bits per heavy atom. The van der Waals surface area contributed by atoms with Crippen molar-refractivity contribution in [3.05, 3.63) is 23.3 Å². The number of hydrogen-bond acceptors (Lipinski definition) is 3. The smallest absolute Gasteiger partial charge is 0.166 e. The van der Waals surface area contributed by atoms with E-state index in [1.54, 1.807) is 7.11 Å². The van der Waals surface area contributed by atoms with Gasteiger partial charge in [0.15, 0.2) is 11.5 Å². The van der Waals surface area contributed by atoms with Gasteiger partial charge in [-0.2, -0.15) is 0 Å². The third kappa shape index (κ3) is 1.44. The molecule has 0 spiro atoms. The van der Waals surface area contributed by atoms with E-state index in [9.17, 15) is 5.11 Å². The average Bonchev–Trinajstić information content (AvgIpc) is 2.18. The van der Waals surface area contributed by atoms with Crippen LogP contribution in [0.2, 0.25) is 0 Å². The van der Waals surface area contributed by atoms with Gasteiger partial charge < -0.3 is 14.6 Å². The Kier molecular flexibility index (Phi) is 2.33. The minimum atomic E-state index is -0.424. The van der Waals surface area contributed by atoms with Crippen LogP contribution in [-0.4, -0.2) is 18.8 Å². The lowest BCUT2D eigenvalue weighted by Gasteiger charge is -2.24. The maximum absolute atomic E-state index is 9.77. The molecule has 3 nitrogen and oxygen atoms in total. The monoisotopic (exact) mass is 194 g/mol. The summed E-state index contributed by atoms with van der Waals surface area (Å²) in [5, 5.41) is 9.77. The molecule has 1 aromatic rings. The van der Waals surface area contributed by atoms with Gasteiger partial charge in [-0.3, -0.25) is 0 Å². The maximum Gasteiger partial charge on any atom is 0.166 e. The first-order valence-electron chi connectivity index (χ1n) is 4.71. The third-order valence-corrected chi connectivity index (χ3v) is 2.44. The van der Waals surface area contributed by atoms with Crippen LogP contribution in [-0.2, 0) is 0 Å². The minimum absolute atomic E-state index is 0.424. The first kappa shape index (κ1) is 9.34. The van der Waals surface area contributed by atoms with Gasteiger partial charge >= 0.3 is 0 Å². The normalized spacial score (nSPS) is 19.8. The summed E-state index contributed by atoms with van der Waals surface area (Å²) in [4.78, 5) is 0. The number of aliphatic hydroxyl groups is 1. The fraction of sp³-hybridized carbons (Fsp3) is 0.455. The second kappa shape index (κ2) is 3.50. The first-order valence-corrected chi connectivity index (χ1v) is 4.71. The molecule has 1 aromatic carbocycles. The second-order valence-electron chi connectivity index (χ2n) is 3.54. The van der Waals surface area contributed by atoms with Crippen molar-refractivity contribution in [1.29, 1.82) is 0 Å². The summed E-state index contributed by atoms with van der Waals surface area (Å²) in [5.41, 5.74) is 1.92. The summed E-state index contributed by atoms with van der Waals surface area (Å²) >= 11 is 0. The van der Waals surface area contributed by atoms with Crippen LogP contribution in [0.5, 0.6) is 11.5 Å². The highest BCUT2D eigenvalue weighted by Crippen LogP contribution is 2.40. The molecule has 0 aromatic heterocycles. The van der Waals surface area contributed by atoms with Gasteiger partial charge in [0.25, 0.3) is 0 Å². The van der Waals surface area contributed by atoms with Gasteiger partial charge in [0.2, 0.25) is 0 Å². The van der Waals surface area contributed by atoms with Gasteiger partial charge in [-0.15, -0.1) is 0 Å². The van der Waals surface area contributed by atoms with E-state index in [0.29, 0.717) is 24.5 Å². The fourth-order valence-electron chi connectivity index (χ4n) is 1.75. The van der Waals surface area contributed by atoms with Crippen LogP contribution < -0.4 is 9.47 Å². The molecule has 1 aliphatic rings. The lowest BCUT2D eigenvalue weighted by Crippen LogP contribution is -2.14. The van der Waals surface area contributed by atoms with Crippen LogP contribution in [0.1, 0.15) is 23.7 Å². The van der Waals surface area contributed by atoms with Gasteiger partial charge in [0.1, 0.15) is 0 Å². The summed E-state index contributed by atoms with van der Waals surface area (Å²) in [5.74, 6) is 1.40. The number of benzene rings is 1. The molecule has 2 rings (SSSR count). The molecule has 0 unspecified atom stereocenters. The SMILES string of the molecule is COc1cc(C)cc2c1OCC[C@H]2O. The average molecular weight is 194 g/mol. The van der Waals surface area contributed by atoms with Crippen molar-refractivity contribution in [1.82, 2.24) is 0 Å². The summed E-state index contributed by atoms with van der Waals surface area (Å²) < 4.78 is 10.7. The lowest BCUT2D eigenvalue weighted by atomic mass is 10.0. The van der Waals surface area contributed by atoms with Gasteiger partial charge in [-0.25, -0.2) is 0 Å². The van der Waals surface area contributed by atoms with Crippen molar-refractivity contribution >= 4 is 0 Å². The van der Waals surface area contributed by atoms with Gasteiger partial charge in [-0.1, -0.05) is 0 Å². The standard InChI is InChI=1S/C11H14O3/c1-7-5-8-9(12)3-4-14-11(8)10(6-7)13-2/h5-6,9,12H,3-4H2,1-2H3/t9-/m1/s1. The molecular weight excluding hydrogens is 180 g/mol. The van der Waals surface area contributed by atoms with Crippen molar-refractivity contribution in [3.63, 3.8) is 0 Å². The quantitative estimate of drug-likeness (QED) is 0.741. The first-order chi connectivity index (χ1) is 6.72. The van der Waals surface area contributed by atoms with E-state index in [1.807, 2.05) is 19.1 Å². The molecule has 76 valence electrons. The Morgan fingerprint density at radius 2 is 2.29 bits per heavy atom. The van der Waals surface area contributed by atoms with Crippen molar-refractivity contribution in [2.45, 2.75) is 19.4 Å². The van der Waals surface area contributed by atoms with E-state index in [-0.39, 0.29) is 0 Å². The van der Waals surface area contributed by atoms with Crippen LogP contribution in [0.25, 0.3) is 0 Å². The predicted octanol–water partition coefficient (Wildman–Crippen LogP) is 1.82. The molecule has 1 N–H and O–H groups in total. The molecule has 0 saturated heterocycles. The van der Waals surface area contributed by atoms with Gasteiger partial charge in [0, 0.05) is 12.0 Å². The van der Waals surface area contributed by atoms with Crippen LogP contribution in [0.4, 0.5) is 0 Å². The van der Waals surface area contributed by atoms with Crippen LogP contribution in [0.3, 0.4) is 0 Å². The molecule has 3 heteroatoms. The molecule has 1 atom stereocenters. The predicted molar refractivity (Wildman–Crippen MR) is 52.8 cm³/mol. The zero-order chi connectivity index (χ0) is 10.1. The lowest BCUT2D eigenvalue weighted by molar-refractivity contribution is 0.112. The number of rotatable bonds is 1. The summed E-state index contributed by atoms with van der Waals surface area (Å²) in [6.45, 7) is 2.53. The highest BCUT2D eigenvalue weighted by Gasteiger charge is 2.22. The zero-order valence-corrected chi connectivity index (χ0v) is 8.41. The van der Waals surface area contributed by atoms with Crippen LogP contribution >= 0.6 is 0 Å². The molecule has 14 heavy (non-hydrogen) atoms. The number of ether oxygens (including phenoxy) is 2. The van der Waals surface area contributed by atoms with Crippen molar-refractivity contribution in [2.24, 2.45) is 0 Å². The Morgan fingerprint density at radius 3 is 3.00 bits per heavy atom. The van der Waals surface area contributed by atoms with Gasteiger partial charge in [-0.05, 0) is 24.6 Å². The number of aliphatic hydroxyl groups excluding tert-OH is 1. The van der Waals surface area contributed by atoms with Gasteiger partial charge in [0.05, 0.1) is 19.8 Å². The third-order valence-electron chi connectivity index (χ3n) is 2.44. The van der Waals surface area contributed by atoms with Crippen molar-refractivity contribution in [2.75, 3.05) is 13.7 Å². The fourth-order valence-corrected chi connectivity index (χ4v) is 1.75. The Balaban J connectivity index is 2.54. The minimum Gasteiger partial charge on any atom is -0.493 e. The van der Waals surface area contributed by atoms with Crippen molar-refractivity contribution < 1.29 is 14.6 Å². The van der Waals surface area contributed by atoms with E-state index in [4.69, 9.17) is 9.47 Å². The zero-order valence-electron chi connectivity index (χ0n) is 8.41. The van der Waals surface area contributed by atoms with Crippen molar-refractivity contribution in [3.8, 4) is 11.5 Å². The molecule has 0 saturated carbocycles. The van der Waals surface area contributed by atoms with E-state index < -0.39 is 6.10 Å². The van der Waals surface area contributed by atoms with E-state index in [1.165, 1.54) is 0 Å². The summed E-state index contributed by atoms with van der Waals surface area (Å²) in [6, 6.07) is 3.86. The number of aryl methyl sites for hydroxylation is 1. The number of fused-ring (bicyclic) bond motifs is 1. The molecule has 0 amide bonds. The van der Waals surface area contributed by atoms with E-state index in [0.717, 1.165) is 11.1 Å². The molecule has 0 bridgehead atoms. The molecule has 0 radical (unpaired) electrons. The maximum atomic E-state index is 9.77. The second-order valence-corrected chi connectivity index (χ2v) is 3.54. The highest BCUT2D eigenvalue weighted by atomic mass is 16.5. The Labute approximate surface area is 83.3 Å². The molecular formula is C11H14O3. The summed E-state index contributed by atoms with van der Waals surface area (Å²) in [7, 11) is 1.61. The highest BCUT2D eigenvalue weighted by molar-refractivity contribution is 5.51. The van der Waals surface area contributed by atoms with Crippen LogP contribution in [0, 0.1) is 6.92 Å². The van der Waals surface area contributed by atoms with E-state index in [2.05, 4.69) is 0 Å².